The van der Waals surface area contributed by atoms with Crippen LogP contribution < -0.4 is 15.0 Å². The molecular formula is C30H28Cl2N4O4. The van der Waals surface area contributed by atoms with E-state index in [-0.39, 0.29) is 11.8 Å². The minimum absolute atomic E-state index is 0.279. The first-order valence-corrected chi connectivity index (χ1v) is 13.6. The normalized spacial score (nSPS) is 14.8. The zero-order valence-corrected chi connectivity index (χ0v) is 23.4. The van der Waals surface area contributed by atoms with Crippen LogP contribution in [0.2, 0.25) is 10.0 Å². The number of hydrogen-bond donors (Lipinski definition) is 1. The zero-order chi connectivity index (χ0) is 28.1. The van der Waals surface area contributed by atoms with E-state index >= 15 is 0 Å². The number of fused-ring (bicyclic) bond motifs is 1. The Bertz CT molecular complexity index is 1510. The molecule has 206 valence electrons. The molecule has 4 aromatic rings. The molecule has 0 radical (unpaired) electrons. The zero-order valence-electron chi connectivity index (χ0n) is 21.8. The standard InChI is InChI=1S/C30H28Cl2N4O4/c1-39-27-18-22(34-29(37)23-6-2-3-7-25(23)32)10-11-24(27)30(38)36-26-12-9-21(31)17-20(26)5-4-8-28(36)40-16-15-35-14-13-33-19-35/h2-3,6-7,9-14,17-19,28H,4-5,8,15-16H2,1H3,(H,34,37). The van der Waals surface area contributed by atoms with Gasteiger partial charge in [-0.05, 0) is 67.3 Å². The third-order valence-electron chi connectivity index (χ3n) is 6.73. The lowest BCUT2D eigenvalue weighted by Gasteiger charge is -2.32. The largest absolute Gasteiger partial charge is 0.496 e. The van der Waals surface area contributed by atoms with Gasteiger partial charge in [-0.15, -0.1) is 0 Å². The first-order valence-electron chi connectivity index (χ1n) is 12.9. The van der Waals surface area contributed by atoms with Crippen LogP contribution in [0.5, 0.6) is 5.75 Å². The quantitative estimate of drug-likeness (QED) is 0.259. The number of anilines is 2. The summed E-state index contributed by atoms with van der Waals surface area (Å²) in [6.45, 7) is 1.01. The monoisotopic (exact) mass is 578 g/mol. The molecule has 1 aliphatic rings. The Balaban J connectivity index is 1.43. The maximum absolute atomic E-state index is 14.2. The van der Waals surface area contributed by atoms with Crippen molar-refractivity contribution in [3.63, 3.8) is 0 Å². The molecule has 0 saturated carbocycles. The predicted octanol–water partition coefficient (Wildman–Crippen LogP) is 6.48. The summed E-state index contributed by atoms with van der Waals surface area (Å²) in [6.07, 6.45) is 7.07. The third kappa shape index (κ3) is 6.14. The highest BCUT2D eigenvalue weighted by Gasteiger charge is 2.32. The summed E-state index contributed by atoms with van der Waals surface area (Å²) in [7, 11) is 1.49. The van der Waals surface area contributed by atoms with Crippen LogP contribution in [0.15, 0.2) is 79.4 Å². The highest BCUT2D eigenvalue weighted by atomic mass is 35.5. The summed E-state index contributed by atoms with van der Waals surface area (Å²) in [4.78, 5) is 32.7. The predicted molar refractivity (Wildman–Crippen MR) is 156 cm³/mol. The van der Waals surface area contributed by atoms with Gasteiger partial charge < -0.3 is 19.4 Å². The average molecular weight is 579 g/mol. The Morgan fingerprint density at radius 1 is 1.07 bits per heavy atom. The van der Waals surface area contributed by atoms with Crippen LogP contribution in [0.3, 0.4) is 0 Å². The van der Waals surface area contributed by atoms with Gasteiger partial charge in [-0.3, -0.25) is 14.5 Å². The molecule has 1 N–H and O–H groups in total. The van der Waals surface area contributed by atoms with Crippen molar-refractivity contribution in [2.24, 2.45) is 0 Å². The molecule has 0 spiro atoms. The number of amides is 2. The second-order valence-corrected chi connectivity index (χ2v) is 10.2. The van der Waals surface area contributed by atoms with Crippen molar-refractivity contribution < 1.29 is 19.1 Å². The van der Waals surface area contributed by atoms with E-state index < -0.39 is 6.23 Å². The molecule has 0 saturated heterocycles. The van der Waals surface area contributed by atoms with Gasteiger partial charge in [0.15, 0.2) is 0 Å². The van der Waals surface area contributed by atoms with Crippen molar-refractivity contribution >= 4 is 46.4 Å². The van der Waals surface area contributed by atoms with Crippen LogP contribution in [-0.4, -0.2) is 41.3 Å². The van der Waals surface area contributed by atoms with Crippen molar-refractivity contribution in [2.75, 3.05) is 23.9 Å². The number of halogens is 2. The Labute approximate surface area is 242 Å². The van der Waals surface area contributed by atoms with E-state index in [0.29, 0.717) is 52.2 Å². The first kappa shape index (κ1) is 27.7. The number of hydrogen-bond acceptors (Lipinski definition) is 5. The number of nitrogens with one attached hydrogen (secondary N) is 1. The van der Waals surface area contributed by atoms with Crippen LogP contribution in [0.25, 0.3) is 0 Å². The SMILES string of the molecule is COc1cc(NC(=O)c2ccccc2Cl)ccc1C(=O)N1c2ccc(Cl)cc2CCCC1OCCn1ccnc1. The molecule has 1 aromatic heterocycles. The summed E-state index contributed by atoms with van der Waals surface area (Å²) < 4.78 is 13.8. The van der Waals surface area contributed by atoms with Gasteiger partial charge in [-0.1, -0.05) is 35.3 Å². The van der Waals surface area contributed by atoms with Gasteiger partial charge in [0.1, 0.15) is 12.0 Å². The van der Waals surface area contributed by atoms with Crippen LogP contribution in [0, 0.1) is 0 Å². The number of aromatic nitrogens is 2. The second kappa shape index (κ2) is 12.6. The van der Waals surface area contributed by atoms with Gasteiger partial charge in [0.05, 0.1) is 36.2 Å². The van der Waals surface area contributed by atoms with Gasteiger partial charge in [-0.2, -0.15) is 0 Å². The summed E-state index contributed by atoms with van der Waals surface area (Å²) in [6, 6.07) is 17.3. The molecule has 10 heteroatoms. The minimum Gasteiger partial charge on any atom is -0.496 e. The van der Waals surface area contributed by atoms with E-state index in [1.54, 1.807) is 66.0 Å². The van der Waals surface area contributed by atoms with Crippen molar-refractivity contribution in [1.82, 2.24) is 9.55 Å². The average Bonchev–Trinajstić information content (AvgIpc) is 3.41. The van der Waals surface area contributed by atoms with E-state index in [9.17, 15) is 9.59 Å². The number of aryl methyl sites for hydroxylation is 1. The fraction of sp³-hybridized carbons (Fsp3) is 0.233. The van der Waals surface area contributed by atoms with Crippen molar-refractivity contribution in [2.45, 2.75) is 32.0 Å². The topological polar surface area (TPSA) is 85.7 Å². The van der Waals surface area contributed by atoms with Gasteiger partial charge in [0.2, 0.25) is 0 Å². The van der Waals surface area contributed by atoms with Crippen LogP contribution in [-0.2, 0) is 17.7 Å². The van der Waals surface area contributed by atoms with Crippen LogP contribution in [0.1, 0.15) is 39.1 Å². The van der Waals surface area contributed by atoms with Gasteiger partial charge in [-0.25, -0.2) is 4.98 Å². The maximum atomic E-state index is 14.2. The Morgan fingerprint density at radius 3 is 2.70 bits per heavy atom. The number of ether oxygens (including phenoxy) is 2. The molecule has 0 aliphatic carbocycles. The molecule has 8 nitrogen and oxygen atoms in total. The summed E-state index contributed by atoms with van der Waals surface area (Å²) in [5.41, 5.74) is 2.87. The molecule has 1 unspecified atom stereocenters. The molecule has 2 amide bonds. The number of methoxy groups -OCH3 is 1. The van der Waals surface area contributed by atoms with Crippen LogP contribution in [0.4, 0.5) is 11.4 Å². The molecule has 1 atom stereocenters. The van der Waals surface area contributed by atoms with E-state index in [4.69, 9.17) is 32.7 Å². The van der Waals surface area contributed by atoms with Crippen molar-refractivity contribution in [3.8, 4) is 5.75 Å². The first-order chi connectivity index (χ1) is 19.4. The number of nitrogens with zero attached hydrogens (tertiary/aromatic N) is 3. The van der Waals surface area contributed by atoms with Gasteiger partial charge >= 0.3 is 0 Å². The summed E-state index contributed by atoms with van der Waals surface area (Å²) >= 11 is 12.5. The second-order valence-electron chi connectivity index (χ2n) is 9.32. The lowest BCUT2D eigenvalue weighted by Crippen LogP contribution is -2.42. The summed E-state index contributed by atoms with van der Waals surface area (Å²) in [5, 5.41) is 3.78. The van der Waals surface area contributed by atoms with Crippen molar-refractivity contribution in [3.05, 3.63) is 106 Å². The number of carbonyl (C=O) groups is 2. The van der Waals surface area contributed by atoms with E-state index in [2.05, 4.69) is 10.3 Å². The molecule has 0 bridgehead atoms. The molecule has 3 aromatic carbocycles. The molecular weight excluding hydrogens is 551 g/mol. The molecule has 1 aliphatic heterocycles. The number of rotatable bonds is 8. The third-order valence-corrected chi connectivity index (χ3v) is 7.30. The van der Waals surface area contributed by atoms with Crippen molar-refractivity contribution in [1.29, 1.82) is 0 Å². The number of benzene rings is 3. The lowest BCUT2D eigenvalue weighted by atomic mass is 10.1. The molecule has 40 heavy (non-hydrogen) atoms. The number of imidazole rings is 1. The molecule has 0 fully saturated rings. The number of carbonyl (C=O) groups excluding carboxylic acids is 2. The van der Waals surface area contributed by atoms with E-state index in [1.165, 1.54) is 7.11 Å². The fourth-order valence-electron chi connectivity index (χ4n) is 4.77. The smallest absolute Gasteiger partial charge is 0.264 e. The van der Waals surface area contributed by atoms with Gasteiger partial charge in [0, 0.05) is 41.4 Å². The maximum Gasteiger partial charge on any atom is 0.264 e. The van der Waals surface area contributed by atoms with E-state index in [1.807, 2.05) is 22.9 Å². The summed E-state index contributed by atoms with van der Waals surface area (Å²) in [5.74, 6) is -0.325. The fourth-order valence-corrected chi connectivity index (χ4v) is 5.19. The van der Waals surface area contributed by atoms with Gasteiger partial charge in [0.25, 0.3) is 11.8 Å². The minimum atomic E-state index is -0.497. The highest BCUT2D eigenvalue weighted by Crippen LogP contribution is 2.35. The lowest BCUT2D eigenvalue weighted by molar-refractivity contribution is 0.0371. The Morgan fingerprint density at radius 2 is 1.93 bits per heavy atom. The highest BCUT2D eigenvalue weighted by molar-refractivity contribution is 6.34. The molecule has 5 rings (SSSR count). The Kier molecular flexibility index (Phi) is 8.69. The van der Waals surface area contributed by atoms with E-state index in [0.717, 1.165) is 24.1 Å². The van der Waals surface area contributed by atoms with Crippen LogP contribution >= 0.6 is 23.2 Å². The molecule has 2 heterocycles. The Hall–Kier alpha value is -3.85.